The average molecular weight is 314 g/mol. The highest BCUT2D eigenvalue weighted by Crippen LogP contribution is 2.12. The van der Waals surface area contributed by atoms with Crippen molar-refractivity contribution in [1.29, 1.82) is 0 Å². The third-order valence-corrected chi connectivity index (χ3v) is 3.96. The number of unbranched alkanes of at least 4 members (excludes halogenated alkanes) is 1. The standard InChI is InChI=1S/C13H18N2O5S/c1-2-3-8-21(19,20)15-11-6-4-10(5-7-11)13(18)14-9-12(16)17/h4-7,15H,2-3,8-9H2,1H3,(H,14,18)(H,16,17). The Kier molecular flexibility index (Phi) is 6.16. The van der Waals surface area contributed by atoms with Gasteiger partial charge in [0.15, 0.2) is 0 Å². The Morgan fingerprint density at radius 2 is 1.81 bits per heavy atom. The smallest absolute Gasteiger partial charge is 0.322 e. The first-order chi connectivity index (χ1) is 9.84. The normalized spacial score (nSPS) is 10.9. The number of rotatable bonds is 8. The van der Waals surface area contributed by atoms with Crippen molar-refractivity contribution in [2.45, 2.75) is 19.8 Å². The second-order valence-electron chi connectivity index (χ2n) is 4.43. The van der Waals surface area contributed by atoms with E-state index in [9.17, 15) is 18.0 Å². The maximum atomic E-state index is 11.7. The van der Waals surface area contributed by atoms with Gasteiger partial charge in [0.25, 0.3) is 5.91 Å². The molecule has 1 rings (SSSR count). The van der Waals surface area contributed by atoms with Gasteiger partial charge in [-0.3, -0.25) is 14.3 Å². The third-order valence-electron chi connectivity index (χ3n) is 2.59. The summed E-state index contributed by atoms with van der Waals surface area (Å²) in [6.07, 6.45) is 1.36. The van der Waals surface area contributed by atoms with Crippen molar-refractivity contribution in [1.82, 2.24) is 5.32 Å². The zero-order valence-corrected chi connectivity index (χ0v) is 12.4. The van der Waals surface area contributed by atoms with E-state index < -0.39 is 28.4 Å². The highest BCUT2D eigenvalue weighted by Gasteiger charge is 2.11. The first kappa shape index (κ1) is 17.0. The SMILES string of the molecule is CCCCS(=O)(=O)Nc1ccc(C(=O)NCC(=O)O)cc1. The fourth-order valence-corrected chi connectivity index (χ4v) is 2.78. The third kappa shape index (κ3) is 6.26. The lowest BCUT2D eigenvalue weighted by Gasteiger charge is -2.08. The molecule has 0 aromatic heterocycles. The zero-order valence-electron chi connectivity index (χ0n) is 11.6. The van der Waals surface area contributed by atoms with E-state index in [1.165, 1.54) is 24.3 Å². The van der Waals surface area contributed by atoms with Crippen LogP contribution < -0.4 is 10.0 Å². The van der Waals surface area contributed by atoms with Crippen LogP contribution in [-0.2, 0) is 14.8 Å². The van der Waals surface area contributed by atoms with Crippen LogP contribution in [0.15, 0.2) is 24.3 Å². The summed E-state index contributed by atoms with van der Waals surface area (Å²) in [5, 5.41) is 10.7. The van der Waals surface area contributed by atoms with Crippen LogP contribution in [0.3, 0.4) is 0 Å². The summed E-state index contributed by atoms with van der Waals surface area (Å²) in [6, 6.07) is 5.77. The van der Waals surface area contributed by atoms with Crippen LogP contribution in [-0.4, -0.2) is 37.7 Å². The van der Waals surface area contributed by atoms with Gasteiger partial charge in [0.05, 0.1) is 5.75 Å². The maximum Gasteiger partial charge on any atom is 0.322 e. The minimum atomic E-state index is -3.38. The summed E-state index contributed by atoms with van der Waals surface area (Å²) in [5.41, 5.74) is 0.619. The number of nitrogens with one attached hydrogen (secondary N) is 2. The van der Waals surface area contributed by atoms with Crippen molar-refractivity contribution in [2.75, 3.05) is 17.0 Å². The molecule has 21 heavy (non-hydrogen) atoms. The molecule has 3 N–H and O–H groups in total. The van der Waals surface area contributed by atoms with E-state index in [1.807, 2.05) is 6.92 Å². The van der Waals surface area contributed by atoms with Gasteiger partial charge in [-0.25, -0.2) is 8.42 Å². The zero-order chi connectivity index (χ0) is 15.9. The van der Waals surface area contributed by atoms with Crippen LogP contribution in [0, 0.1) is 0 Å². The van der Waals surface area contributed by atoms with Gasteiger partial charge < -0.3 is 10.4 Å². The van der Waals surface area contributed by atoms with Gasteiger partial charge in [0, 0.05) is 11.3 Å². The fraction of sp³-hybridized carbons (Fsp3) is 0.385. The van der Waals surface area contributed by atoms with Crippen molar-refractivity contribution >= 4 is 27.6 Å². The van der Waals surface area contributed by atoms with Crippen LogP contribution in [0.25, 0.3) is 0 Å². The van der Waals surface area contributed by atoms with Gasteiger partial charge in [-0.05, 0) is 30.7 Å². The molecule has 8 heteroatoms. The molecule has 0 saturated heterocycles. The summed E-state index contributed by atoms with van der Waals surface area (Å²) in [6.45, 7) is 1.43. The van der Waals surface area contributed by atoms with Crippen molar-refractivity contribution in [2.24, 2.45) is 0 Å². The average Bonchev–Trinajstić information content (AvgIpc) is 2.43. The fourth-order valence-electron chi connectivity index (χ4n) is 1.51. The van der Waals surface area contributed by atoms with Crippen LogP contribution in [0.5, 0.6) is 0 Å². The molecule has 0 fully saturated rings. The van der Waals surface area contributed by atoms with Gasteiger partial charge in [0.1, 0.15) is 6.54 Å². The van der Waals surface area contributed by atoms with Crippen LogP contribution >= 0.6 is 0 Å². The topological polar surface area (TPSA) is 113 Å². The number of carboxylic acid groups (broad SMARTS) is 1. The van der Waals surface area contributed by atoms with Gasteiger partial charge in [-0.2, -0.15) is 0 Å². The lowest BCUT2D eigenvalue weighted by atomic mass is 10.2. The number of carboxylic acids is 1. The summed E-state index contributed by atoms with van der Waals surface area (Å²) in [4.78, 5) is 21.9. The van der Waals surface area contributed by atoms with Gasteiger partial charge in [-0.15, -0.1) is 0 Å². The number of carbonyl (C=O) groups is 2. The Bertz CT molecular complexity index is 595. The van der Waals surface area contributed by atoms with E-state index in [1.54, 1.807) is 0 Å². The van der Waals surface area contributed by atoms with Crippen molar-refractivity contribution in [3.05, 3.63) is 29.8 Å². The first-order valence-corrected chi connectivity index (χ1v) is 8.10. The minimum Gasteiger partial charge on any atom is -0.480 e. The van der Waals surface area contributed by atoms with Crippen molar-refractivity contribution in [3.8, 4) is 0 Å². The number of hydrogen-bond acceptors (Lipinski definition) is 4. The molecule has 0 aliphatic heterocycles. The lowest BCUT2D eigenvalue weighted by molar-refractivity contribution is -0.135. The van der Waals surface area contributed by atoms with Gasteiger partial charge in [-0.1, -0.05) is 13.3 Å². The molecule has 0 radical (unpaired) electrons. The molecule has 1 aromatic carbocycles. The number of sulfonamides is 1. The lowest BCUT2D eigenvalue weighted by Crippen LogP contribution is -2.29. The van der Waals surface area contributed by atoms with E-state index in [0.29, 0.717) is 12.1 Å². The largest absolute Gasteiger partial charge is 0.480 e. The Labute approximate surface area is 123 Å². The van der Waals surface area contributed by atoms with Crippen LogP contribution in [0.1, 0.15) is 30.1 Å². The summed E-state index contributed by atoms with van der Waals surface area (Å²) >= 11 is 0. The molecule has 0 aliphatic rings. The second kappa shape index (κ2) is 7.63. The molecule has 0 atom stereocenters. The Morgan fingerprint density at radius 3 is 2.33 bits per heavy atom. The number of aliphatic carboxylic acids is 1. The molecular formula is C13H18N2O5S. The molecule has 116 valence electrons. The number of carbonyl (C=O) groups excluding carboxylic acids is 1. The van der Waals surface area contributed by atoms with Crippen molar-refractivity contribution < 1.29 is 23.1 Å². The summed E-state index contributed by atoms with van der Waals surface area (Å²) < 4.78 is 25.8. The molecule has 0 saturated carbocycles. The highest BCUT2D eigenvalue weighted by molar-refractivity contribution is 7.92. The van der Waals surface area contributed by atoms with E-state index >= 15 is 0 Å². The van der Waals surface area contributed by atoms with E-state index in [0.717, 1.165) is 6.42 Å². The molecule has 0 aliphatic carbocycles. The molecule has 0 spiro atoms. The second-order valence-corrected chi connectivity index (χ2v) is 6.27. The van der Waals surface area contributed by atoms with E-state index in [4.69, 9.17) is 5.11 Å². The van der Waals surface area contributed by atoms with E-state index in [2.05, 4.69) is 10.0 Å². The maximum absolute atomic E-state index is 11.7. The Balaban J connectivity index is 2.65. The molecular weight excluding hydrogens is 296 g/mol. The predicted molar refractivity (Wildman–Crippen MR) is 78.7 cm³/mol. The highest BCUT2D eigenvalue weighted by atomic mass is 32.2. The molecule has 1 amide bonds. The van der Waals surface area contributed by atoms with Crippen LogP contribution in [0.4, 0.5) is 5.69 Å². The summed E-state index contributed by atoms with van der Waals surface area (Å²) in [5.74, 6) is -1.62. The number of benzene rings is 1. The van der Waals surface area contributed by atoms with Crippen LogP contribution in [0.2, 0.25) is 0 Å². The molecule has 0 unspecified atom stereocenters. The number of amides is 1. The van der Waals surface area contributed by atoms with Crippen molar-refractivity contribution in [3.63, 3.8) is 0 Å². The number of anilines is 1. The Hall–Kier alpha value is -2.09. The van der Waals surface area contributed by atoms with Gasteiger partial charge >= 0.3 is 5.97 Å². The summed E-state index contributed by atoms with van der Waals surface area (Å²) in [7, 11) is -3.38. The number of hydrogen-bond donors (Lipinski definition) is 3. The first-order valence-electron chi connectivity index (χ1n) is 6.44. The molecule has 1 aromatic rings. The van der Waals surface area contributed by atoms with Gasteiger partial charge in [0.2, 0.25) is 10.0 Å². The Morgan fingerprint density at radius 1 is 1.19 bits per heavy atom. The van der Waals surface area contributed by atoms with E-state index in [-0.39, 0.29) is 11.3 Å². The quantitative estimate of drug-likeness (QED) is 0.663. The molecule has 0 bridgehead atoms. The predicted octanol–water partition coefficient (Wildman–Crippen LogP) is 1.04. The monoisotopic (exact) mass is 314 g/mol. The minimum absolute atomic E-state index is 0.0460. The molecule has 0 heterocycles. The molecule has 7 nitrogen and oxygen atoms in total.